The summed E-state index contributed by atoms with van der Waals surface area (Å²) < 4.78 is 17.1. The maximum Gasteiger partial charge on any atom is 0.319 e. The van der Waals surface area contributed by atoms with Gasteiger partial charge in [0.05, 0.1) is 23.4 Å². The SMILES string of the molecule is O=C1Oc2c(ccc3ccccc23)C2=C[C@H](c3ccc4c(c3)OCO4)[C@@H]3C(=O)N(c4ccccc4)C(=O)[C@@H]3[C@@H]12. The molecule has 0 N–H and O–H groups in total. The first kappa shape index (κ1) is 22.1. The van der Waals surface area contributed by atoms with Crippen LogP contribution < -0.4 is 19.1 Å². The number of carbonyl (C=O) groups excluding carboxylic acids is 3. The van der Waals surface area contributed by atoms with E-state index in [1.54, 1.807) is 24.3 Å². The van der Waals surface area contributed by atoms with E-state index in [4.69, 9.17) is 14.2 Å². The first-order valence-corrected chi connectivity index (χ1v) is 12.9. The molecule has 4 aromatic rings. The summed E-state index contributed by atoms with van der Waals surface area (Å²) in [7, 11) is 0. The Kier molecular flexibility index (Phi) is 4.56. The second-order valence-corrected chi connectivity index (χ2v) is 10.2. The molecule has 3 heterocycles. The van der Waals surface area contributed by atoms with Crippen LogP contribution >= 0.6 is 0 Å². The summed E-state index contributed by atoms with van der Waals surface area (Å²) in [5, 5.41) is 1.77. The van der Waals surface area contributed by atoms with Gasteiger partial charge in [0.1, 0.15) is 5.75 Å². The number of amides is 2. The van der Waals surface area contributed by atoms with E-state index in [9.17, 15) is 14.4 Å². The second-order valence-electron chi connectivity index (χ2n) is 10.2. The fourth-order valence-corrected chi connectivity index (χ4v) is 6.57. The molecule has 190 valence electrons. The van der Waals surface area contributed by atoms with Crippen molar-refractivity contribution < 1.29 is 28.6 Å². The van der Waals surface area contributed by atoms with Crippen LogP contribution in [-0.2, 0) is 14.4 Å². The Bertz CT molecular complexity index is 1760. The third-order valence-electron chi connectivity index (χ3n) is 8.28. The van der Waals surface area contributed by atoms with Gasteiger partial charge in [-0.1, -0.05) is 66.7 Å². The standard InChI is InChI=1S/C32H21NO6/c34-30-26-22(18-11-13-24-25(14-18)38-16-37-24)15-23-21-12-10-17-6-4-5-9-20(17)29(21)39-32(36)27(23)28(26)31(35)33(30)19-7-2-1-3-8-19/h1-15,22,26-28H,16H2/t22-,26+,27+,28+/m1/s1. The lowest BCUT2D eigenvalue weighted by Gasteiger charge is -2.38. The Morgan fingerprint density at radius 2 is 1.51 bits per heavy atom. The predicted octanol–water partition coefficient (Wildman–Crippen LogP) is 5.09. The molecular formula is C32H21NO6. The zero-order valence-corrected chi connectivity index (χ0v) is 20.6. The summed E-state index contributed by atoms with van der Waals surface area (Å²) in [5.41, 5.74) is 2.79. The highest BCUT2D eigenvalue weighted by molar-refractivity contribution is 6.24. The summed E-state index contributed by atoms with van der Waals surface area (Å²) >= 11 is 0. The van der Waals surface area contributed by atoms with Crippen LogP contribution in [0.3, 0.4) is 0 Å². The van der Waals surface area contributed by atoms with E-state index < -0.39 is 35.5 Å². The number of benzene rings is 4. The van der Waals surface area contributed by atoms with Crippen LogP contribution in [0.2, 0.25) is 0 Å². The van der Waals surface area contributed by atoms with Gasteiger partial charge in [-0.3, -0.25) is 14.4 Å². The Labute approximate surface area is 223 Å². The number of para-hydroxylation sites is 1. The maximum atomic E-state index is 14.1. The van der Waals surface area contributed by atoms with Gasteiger partial charge in [0.2, 0.25) is 18.6 Å². The van der Waals surface area contributed by atoms with Crippen molar-refractivity contribution in [1.82, 2.24) is 0 Å². The molecule has 0 saturated carbocycles. The van der Waals surface area contributed by atoms with Gasteiger partial charge >= 0.3 is 5.97 Å². The molecule has 3 aliphatic heterocycles. The van der Waals surface area contributed by atoms with Gasteiger partial charge in [-0.05, 0) is 40.8 Å². The average molecular weight is 516 g/mol. The van der Waals surface area contributed by atoms with E-state index in [0.717, 1.165) is 21.9 Å². The minimum absolute atomic E-state index is 0.129. The number of allylic oxidation sites excluding steroid dienone is 1. The summed E-state index contributed by atoms with van der Waals surface area (Å²) in [6.07, 6.45) is 1.98. The van der Waals surface area contributed by atoms with Crippen molar-refractivity contribution in [2.24, 2.45) is 17.8 Å². The number of nitrogens with zero attached hydrogens (tertiary/aromatic N) is 1. The molecular weight excluding hydrogens is 494 g/mol. The van der Waals surface area contributed by atoms with E-state index in [2.05, 4.69) is 0 Å². The lowest BCUT2D eigenvalue weighted by Crippen LogP contribution is -2.42. The number of rotatable bonds is 2. The number of carbonyl (C=O) groups is 3. The molecule has 0 spiro atoms. The number of fused-ring (bicyclic) bond motifs is 8. The smallest absolute Gasteiger partial charge is 0.319 e. The van der Waals surface area contributed by atoms with E-state index in [1.165, 1.54) is 4.90 Å². The van der Waals surface area contributed by atoms with Gasteiger partial charge in [0.25, 0.3) is 0 Å². The molecule has 4 aromatic carbocycles. The molecule has 1 saturated heterocycles. The normalized spacial score (nSPS) is 24.7. The van der Waals surface area contributed by atoms with Crippen LogP contribution in [0.25, 0.3) is 16.3 Å². The summed E-state index contributed by atoms with van der Waals surface area (Å²) in [6, 6.07) is 26.1. The minimum atomic E-state index is -0.903. The van der Waals surface area contributed by atoms with Crippen LogP contribution in [0.4, 0.5) is 5.69 Å². The lowest BCUT2D eigenvalue weighted by molar-refractivity contribution is -0.142. The minimum Gasteiger partial charge on any atom is -0.454 e. The van der Waals surface area contributed by atoms with Crippen LogP contribution in [0.1, 0.15) is 17.0 Å². The Morgan fingerprint density at radius 1 is 0.744 bits per heavy atom. The number of hydrogen-bond acceptors (Lipinski definition) is 6. The quantitative estimate of drug-likeness (QED) is 0.210. The monoisotopic (exact) mass is 515 g/mol. The second kappa shape index (κ2) is 8.04. The molecule has 0 aromatic heterocycles. The molecule has 7 nitrogen and oxygen atoms in total. The fourth-order valence-electron chi connectivity index (χ4n) is 6.57. The molecule has 4 atom stereocenters. The predicted molar refractivity (Wildman–Crippen MR) is 142 cm³/mol. The largest absolute Gasteiger partial charge is 0.454 e. The number of anilines is 1. The van der Waals surface area contributed by atoms with Gasteiger partial charge < -0.3 is 14.2 Å². The van der Waals surface area contributed by atoms with Crippen molar-refractivity contribution in [3.8, 4) is 17.2 Å². The number of esters is 1. The molecule has 39 heavy (non-hydrogen) atoms. The lowest BCUT2D eigenvalue weighted by atomic mass is 9.64. The fraction of sp³-hybridized carbons (Fsp3) is 0.156. The van der Waals surface area contributed by atoms with Gasteiger partial charge in [-0.15, -0.1) is 0 Å². The average Bonchev–Trinajstić information content (AvgIpc) is 3.54. The maximum absolute atomic E-state index is 14.1. The first-order chi connectivity index (χ1) is 19.1. The van der Waals surface area contributed by atoms with Crippen LogP contribution in [0.5, 0.6) is 17.2 Å². The van der Waals surface area contributed by atoms with Crippen molar-refractivity contribution >= 4 is 39.8 Å². The third kappa shape index (κ3) is 3.07. The summed E-state index contributed by atoms with van der Waals surface area (Å²) in [4.78, 5) is 43.0. The van der Waals surface area contributed by atoms with E-state index in [-0.39, 0.29) is 12.7 Å². The molecule has 7 heteroatoms. The van der Waals surface area contributed by atoms with Crippen LogP contribution in [0, 0.1) is 17.8 Å². The van der Waals surface area contributed by atoms with E-state index in [0.29, 0.717) is 28.5 Å². The molecule has 0 radical (unpaired) electrons. The van der Waals surface area contributed by atoms with Crippen molar-refractivity contribution in [3.05, 3.63) is 102 Å². The van der Waals surface area contributed by atoms with Gasteiger partial charge in [0, 0.05) is 16.9 Å². The van der Waals surface area contributed by atoms with Crippen molar-refractivity contribution in [2.45, 2.75) is 5.92 Å². The first-order valence-electron chi connectivity index (χ1n) is 12.9. The van der Waals surface area contributed by atoms with Gasteiger partial charge in [-0.2, -0.15) is 0 Å². The van der Waals surface area contributed by atoms with Crippen LogP contribution in [-0.4, -0.2) is 24.6 Å². The molecule has 1 fully saturated rings. The highest BCUT2D eigenvalue weighted by Gasteiger charge is 2.60. The summed E-state index contributed by atoms with van der Waals surface area (Å²) in [5.74, 6) is -2.55. The highest BCUT2D eigenvalue weighted by Crippen LogP contribution is 2.56. The zero-order chi connectivity index (χ0) is 26.2. The molecule has 1 aliphatic carbocycles. The molecule has 0 unspecified atom stereocenters. The summed E-state index contributed by atoms with van der Waals surface area (Å²) in [6.45, 7) is 0.129. The van der Waals surface area contributed by atoms with Gasteiger partial charge in [-0.25, -0.2) is 4.90 Å². The Hall–Kier alpha value is -4.91. The van der Waals surface area contributed by atoms with Crippen molar-refractivity contribution in [1.29, 1.82) is 0 Å². The Balaban J connectivity index is 1.35. The molecule has 2 amide bonds. The van der Waals surface area contributed by atoms with Gasteiger partial charge in [0.15, 0.2) is 11.5 Å². The zero-order valence-electron chi connectivity index (χ0n) is 20.6. The number of hydrogen-bond donors (Lipinski definition) is 0. The van der Waals surface area contributed by atoms with E-state index >= 15 is 0 Å². The number of imide groups is 1. The molecule has 4 aliphatic rings. The Morgan fingerprint density at radius 3 is 2.38 bits per heavy atom. The van der Waals surface area contributed by atoms with Crippen molar-refractivity contribution in [3.63, 3.8) is 0 Å². The topological polar surface area (TPSA) is 82.1 Å². The van der Waals surface area contributed by atoms with Crippen molar-refractivity contribution in [2.75, 3.05) is 11.7 Å². The van der Waals surface area contributed by atoms with E-state index in [1.807, 2.05) is 66.7 Å². The molecule has 0 bridgehead atoms. The highest BCUT2D eigenvalue weighted by atomic mass is 16.7. The third-order valence-corrected chi connectivity index (χ3v) is 8.28. The van der Waals surface area contributed by atoms with Crippen LogP contribution in [0.15, 0.2) is 91.0 Å². The molecule has 8 rings (SSSR count). The number of ether oxygens (including phenoxy) is 3.